The summed E-state index contributed by atoms with van der Waals surface area (Å²) in [4.78, 5) is 15.6. The third-order valence-corrected chi connectivity index (χ3v) is 2.71. The summed E-state index contributed by atoms with van der Waals surface area (Å²) in [7, 11) is 0. The van der Waals surface area contributed by atoms with Crippen LogP contribution >= 0.6 is 0 Å². The molecular formula is C10H15N3O3. The Labute approximate surface area is 92.8 Å². The number of carbonyl (C=O) groups excluding carboxylic acids is 1. The van der Waals surface area contributed by atoms with Crippen molar-refractivity contribution in [3.8, 4) is 0 Å². The highest BCUT2D eigenvalue weighted by atomic mass is 16.3. The van der Waals surface area contributed by atoms with Crippen molar-refractivity contribution in [2.24, 2.45) is 5.73 Å². The summed E-state index contributed by atoms with van der Waals surface area (Å²) < 4.78 is 5.01. The number of hydrogen-bond acceptors (Lipinski definition) is 5. The molecule has 0 aliphatic heterocycles. The number of carbonyl (C=O) groups is 1. The minimum Gasteiger partial charge on any atom is -0.446 e. The van der Waals surface area contributed by atoms with Gasteiger partial charge in [0.05, 0.1) is 6.61 Å². The second-order valence-corrected chi connectivity index (χ2v) is 3.96. The predicted octanol–water partition coefficient (Wildman–Crippen LogP) is -0.0510. The van der Waals surface area contributed by atoms with Crippen molar-refractivity contribution < 1.29 is 14.3 Å². The summed E-state index contributed by atoms with van der Waals surface area (Å²) in [6, 6.07) is -0.413. The average Bonchev–Trinajstić information content (AvgIpc) is 2.71. The summed E-state index contributed by atoms with van der Waals surface area (Å²) in [5, 5.41) is 11.6. The van der Waals surface area contributed by atoms with Crippen LogP contribution in [0.3, 0.4) is 0 Å². The first kappa shape index (κ1) is 11.1. The SMILES string of the molecule is NC(CO)c1nc(C(=O)NC2CCC2)co1. The van der Waals surface area contributed by atoms with Crippen LogP contribution in [-0.4, -0.2) is 28.6 Å². The van der Waals surface area contributed by atoms with Gasteiger partial charge in [0, 0.05) is 6.04 Å². The van der Waals surface area contributed by atoms with Crippen molar-refractivity contribution >= 4 is 5.91 Å². The number of nitrogens with one attached hydrogen (secondary N) is 1. The van der Waals surface area contributed by atoms with E-state index in [1.807, 2.05) is 0 Å². The van der Waals surface area contributed by atoms with E-state index in [1.165, 1.54) is 6.26 Å². The van der Waals surface area contributed by atoms with E-state index in [-0.39, 0.29) is 30.1 Å². The van der Waals surface area contributed by atoms with Crippen molar-refractivity contribution in [1.29, 1.82) is 0 Å². The van der Waals surface area contributed by atoms with Crippen LogP contribution in [0.5, 0.6) is 0 Å². The number of amides is 1. The highest BCUT2D eigenvalue weighted by molar-refractivity contribution is 5.92. The van der Waals surface area contributed by atoms with Gasteiger partial charge < -0.3 is 20.6 Å². The van der Waals surface area contributed by atoms with Crippen molar-refractivity contribution in [1.82, 2.24) is 10.3 Å². The molecule has 1 aliphatic carbocycles. The molecule has 4 N–H and O–H groups in total. The van der Waals surface area contributed by atoms with Gasteiger partial charge in [-0.25, -0.2) is 4.98 Å². The van der Waals surface area contributed by atoms with Gasteiger partial charge in [0.1, 0.15) is 12.3 Å². The third-order valence-electron chi connectivity index (χ3n) is 2.71. The minimum absolute atomic E-state index is 0.182. The fraction of sp³-hybridized carbons (Fsp3) is 0.600. The number of nitrogens with zero attached hydrogens (tertiary/aromatic N) is 1. The van der Waals surface area contributed by atoms with Crippen molar-refractivity contribution in [2.75, 3.05) is 6.61 Å². The Morgan fingerprint density at radius 2 is 2.50 bits per heavy atom. The Morgan fingerprint density at radius 1 is 1.75 bits per heavy atom. The van der Waals surface area contributed by atoms with E-state index < -0.39 is 6.04 Å². The first-order valence-corrected chi connectivity index (χ1v) is 5.33. The lowest BCUT2D eigenvalue weighted by molar-refractivity contribution is 0.0911. The lowest BCUT2D eigenvalue weighted by atomic mass is 9.93. The second-order valence-electron chi connectivity index (χ2n) is 3.96. The van der Waals surface area contributed by atoms with E-state index in [2.05, 4.69) is 10.3 Å². The fourth-order valence-electron chi connectivity index (χ4n) is 1.45. The number of nitrogens with two attached hydrogens (primary N) is 1. The van der Waals surface area contributed by atoms with Gasteiger partial charge in [0.2, 0.25) is 5.89 Å². The smallest absolute Gasteiger partial charge is 0.273 e. The Kier molecular flexibility index (Phi) is 3.21. The largest absolute Gasteiger partial charge is 0.446 e. The molecule has 1 amide bonds. The molecule has 0 bridgehead atoms. The topological polar surface area (TPSA) is 101 Å². The van der Waals surface area contributed by atoms with Crippen LogP contribution < -0.4 is 11.1 Å². The van der Waals surface area contributed by atoms with Gasteiger partial charge in [-0.3, -0.25) is 4.79 Å². The van der Waals surface area contributed by atoms with Gasteiger partial charge >= 0.3 is 0 Å². The monoisotopic (exact) mass is 225 g/mol. The molecule has 0 spiro atoms. The normalized spacial score (nSPS) is 17.9. The molecular weight excluding hydrogens is 210 g/mol. The number of aromatic nitrogens is 1. The summed E-state index contributed by atoms with van der Waals surface area (Å²) in [6.45, 7) is -0.260. The quantitative estimate of drug-likeness (QED) is 0.666. The zero-order valence-corrected chi connectivity index (χ0v) is 8.85. The molecule has 1 fully saturated rings. The zero-order valence-electron chi connectivity index (χ0n) is 8.85. The van der Waals surface area contributed by atoms with Gasteiger partial charge in [0.15, 0.2) is 5.69 Å². The van der Waals surface area contributed by atoms with E-state index in [4.69, 9.17) is 15.3 Å². The van der Waals surface area contributed by atoms with Crippen LogP contribution in [-0.2, 0) is 0 Å². The van der Waals surface area contributed by atoms with E-state index in [1.54, 1.807) is 0 Å². The van der Waals surface area contributed by atoms with Crippen LogP contribution in [0.4, 0.5) is 0 Å². The summed E-state index contributed by atoms with van der Waals surface area (Å²) in [5.74, 6) is -0.0638. The number of oxazole rings is 1. The molecule has 6 heteroatoms. The van der Waals surface area contributed by atoms with Crippen LogP contribution in [0.25, 0.3) is 0 Å². The molecule has 1 aromatic rings. The molecule has 1 heterocycles. The van der Waals surface area contributed by atoms with Crippen molar-refractivity contribution in [3.63, 3.8) is 0 Å². The van der Waals surface area contributed by atoms with Crippen LogP contribution in [0, 0.1) is 0 Å². The van der Waals surface area contributed by atoms with Gasteiger partial charge in [-0.1, -0.05) is 0 Å². The molecule has 1 unspecified atom stereocenters. The molecule has 88 valence electrons. The van der Waals surface area contributed by atoms with Gasteiger partial charge in [-0.2, -0.15) is 0 Å². The molecule has 2 rings (SSSR count). The van der Waals surface area contributed by atoms with Crippen LogP contribution in [0.15, 0.2) is 10.7 Å². The zero-order chi connectivity index (χ0) is 11.5. The summed E-state index contributed by atoms with van der Waals surface area (Å²) in [5.41, 5.74) is 5.72. The Hall–Kier alpha value is -1.40. The first-order valence-electron chi connectivity index (χ1n) is 5.33. The standard InChI is InChI=1S/C10H15N3O3/c11-7(4-14)10-13-8(5-16-10)9(15)12-6-2-1-3-6/h5-7,14H,1-4,11H2,(H,12,15). The first-order chi connectivity index (χ1) is 7.70. The fourth-order valence-corrected chi connectivity index (χ4v) is 1.45. The lowest BCUT2D eigenvalue weighted by Gasteiger charge is -2.25. The molecule has 16 heavy (non-hydrogen) atoms. The minimum atomic E-state index is -0.676. The molecule has 1 atom stereocenters. The number of aliphatic hydroxyl groups excluding tert-OH is 1. The van der Waals surface area contributed by atoms with Gasteiger partial charge in [-0.15, -0.1) is 0 Å². The Bertz CT molecular complexity index is 373. The number of hydrogen-bond donors (Lipinski definition) is 3. The molecule has 0 radical (unpaired) electrons. The third kappa shape index (κ3) is 2.23. The van der Waals surface area contributed by atoms with E-state index in [9.17, 15) is 4.79 Å². The predicted molar refractivity (Wildman–Crippen MR) is 55.6 cm³/mol. The van der Waals surface area contributed by atoms with E-state index in [0.717, 1.165) is 19.3 Å². The maximum absolute atomic E-state index is 11.6. The Morgan fingerprint density at radius 3 is 3.06 bits per heavy atom. The Balaban J connectivity index is 1.97. The second kappa shape index (κ2) is 4.63. The van der Waals surface area contributed by atoms with Gasteiger partial charge in [-0.05, 0) is 19.3 Å². The molecule has 6 nitrogen and oxygen atoms in total. The van der Waals surface area contributed by atoms with Crippen LogP contribution in [0.1, 0.15) is 41.7 Å². The maximum atomic E-state index is 11.6. The van der Waals surface area contributed by atoms with Crippen molar-refractivity contribution in [2.45, 2.75) is 31.3 Å². The highest BCUT2D eigenvalue weighted by Crippen LogP contribution is 2.18. The number of aliphatic hydroxyl groups is 1. The van der Waals surface area contributed by atoms with Crippen molar-refractivity contribution in [3.05, 3.63) is 17.8 Å². The van der Waals surface area contributed by atoms with Gasteiger partial charge in [0.25, 0.3) is 5.91 Å². The molecule has 1 saturated carbocycles. The summed E-state index contributed by atoms with van der Waals surface area (Å²) >= 11 is 0. The molecule has 1 aliphatic rings. The highest BCUT2D eigenvalue weighted by Gasteiger charge is 2.22. The molecule has 0 aromatic carbocycles. The lowest BCUT2D eigenvalue weighted by Crippen LogP contribution is -2.39. The van der Waals surface area contributed by atoms with E-state index >= 15 is 0 Å². The number of rotatable bonds is 4. The molecule has 0 saturated heterocycles. The summed E-state index contributed by atoms with van der Waals surface area (Å²) in [6.07, 6.45) is 4.46. The van der Waals surface area contributed by atoms with Crippen LogP contribution in [0.2, 0.25) is 0 Å². The molecule has 1 aromatic heterocycles. The maximum Gasteiger partial charge on any atom is 0.273 e. The van der Waals surface area contributed by atoms with E-state index in [0.29, 0.717) is 0 Å². The average molecular weight is 225 g/mol.